The van der Waals surface area contributed by atoms with E-state index in [-0.39, 0.29) is 17.2 Å². The normalized spacial score (nSPS) is 12.2. The third-order valence-electron chi connectivity index (χ3n) is 5.36. The molecule has 0 fully saturated rings. The molecule has 9 nitrogen and oxygen atoms in total. The number of nitrogens with zero attached hydrogens (tertiary/aromatic N) is 3. The molecule has 1 aromatic heterocycles. The van der Waals surface area contributed by atoms with Crippen molar-refractivity contribution in [2.45, 2.75) is 11.7 Å². The molecule has 4 aromatic rings. The Morgan fingerprint density at radius 3 is 2.42 bits per heavy atom. The molecular weight excluding hydrogens is 591 g/mol. The molecule has 180 valence electrons. The lowest BCUT2D eigenvalue weighted by molar-refractivity contribution is -0.113. The molecule has 1 aliphatic heterocycles. The highest BCUT2D eigenvalue weighted by Crippen LogP contribution is 2.24. The van der Waals surface area contributed by atoms with E-state index >= 15 is 0 Å². The van der Waals surface area contributed by atoms with Crippen molar-refractivity contribution in [3.63, 3.8) is 0 Å². The molecule has 5 rings (SSSR count). The minimum Gasteiger partial charge on any atom is -0.378 e. The Bertz CT molecular complexity index is 1460. The number of halogens is 1. The molecule has 0 radical (unpaired) electrons. The number of benzene rings is 3. The third kappa shape index (κ3) is 5.26. The average Bonchev–Trinajstić information content (AvgIpc) is 3.42. The molecule has 0 saturated heterocycles. The number of fused-ring (bicyclic) bond motifs is 1. The van der Waals surface area contributed by atoms with Crippen molar-refractivity contribution < 1.29 is 14.4 Å². The first-order valence-corrected chi connectivity index (χ1v) is 13.0. The minimum atomic E-state index is -0.470. The summed E-state index contributed by atoms with van der Waals surface area (Å²) in [5.74, 6) is -0.390. The Balaban J connectivity index is 1.29. The third-order valence-corrected chi connectivity index (χ3v) is 7.01. The summed E-state index contributed by atoms with van der Waals surface area (Å²) < 4.78 is 3.07. The van der Waals surface area contributed by atoms with Crippen LogP contribution in [-0.2, 0) is 11.3 Å². The van der Waals surface area contributed by atoms with Crippen molar-refractivity contribution in [3.05, 3.63) is 93.3 Å². The zero-order valence-corrected chi connectivity index (χ0v) is 21.7. The molecule has 3 N–H and O–H groups in total. The Morgan fingerprint density at radius 1 is 0.917 bits per heavy atom. The molecule has 3 amide bonds. The molecule has 0 bridgehead atoms. The van der Waals surface area contributed by atoms with E-state index in [0.717, 1.165) is 14.9 Å². The molecule has 3 aromatic carbocycles. The van der Waals surface area contributed by atoms with Gasteiger partial charge in [-0.2, -0.15) is 0 Å². The van der Waals surface area contributed by atoms with Gasteiger partial charge in [0.05, 0.1) is 23.4 Å². The van der Waals surface area contributed by atoms with Crippen LogP contribution in [0.25, 0.3) is 5.69 Å². The molecule has 0 unspecified atom stereocenters. The van der Waals surface area contributed by atoms with Crippen molar-refractivity contribution in [1.29, 1.82) is 0 Å². The second-order valence-electron chi connectivity index (χ2n) is 7.81. The van der Waals surface area contributed by atoms with Crippen molar-refractivity contribution in [3.8, 4) is 5.69 Å². The number of carbonyl (C=O) groups excluding carboxylic acids is 3. The number of carbonyl (C=O) groups is 3. The number of aromatic nitrogens is 3. The van der Waals surface area contributed by atoms with Crippen LogP contribution >= 0.6 is 34.4 Å². The van der Waals surface area contributed by atoms with Crippen molar-refractivity contribution in [2.24, 2.45) is 0 Å². The van der Waals surface area contributed by atoms with Gasteiger partial charge in [-0.3, -0.25) is 24.3 Å². The quantitative estimate of drug-likeness (QED) is 0.156. The van der Waals surface area contributed by atoms with Gasteiger partial charge in [0.15, 0.2) is 11.0 Å². The second-order valence-corrected chi connectivity index (χ2v) is 10.00. The van der Waals surface area contributed by atoms with Crippen molar-refractivity contribution in [1.82, 2.24) is 20.1 Å². The Hall–Kier alpha value is -3.71. The smallest absolute Gasteiger partial charge is 0.259 e. The van der Waals surface area contributed by atoms with Gasteiger partial charge in [-0.1, -0.05) is 30.0 Å². The first-order valence-electron chi connectivity index (χ1n) is 10.9. The van der Waals surface area contributed by atoms with Crippen LogP contribution in [0.15, 0.2) is 78.0 Å². The molecule has 11 heteroatoms. The molecule has 0 atom stereocenters. The van der Waals surface area contributed by atoms with Crippen LogP contribution in [0.4, 0.5) is 11.4 Å². The number of para-hydroxylation sites is 1. The fourth-order valence-electron chi connectivity index (χ4n) is 3.67. The number of imide groups is 1. The summed E-state index contributed by atoms with van der Waals surface area (Å²) in [4.78, 5) is 36.3. The van der Waals surface area contributed by atoms with Crippen LogP contribution in [0.3, 0.4) is 0 Å². The van der Waals surface area contributed by atoms with E-state index in [1.165, 1.54) is 23.9 Å². The Morgan fingerprint density at radius 2 is 1.64 bits per heavy atom. The van der Waals surface area contributed by atoms with Crippen LogP contribution in [0.2, 0.25) is 0 Å². The highest BCUT2D eigenvalue weighted by atomic mass is 127. The lowest BCUT2D eigenvalue weighted by Crippen LogP contribution is -2.19. The van der Waals surface area contributed by atoms with Gasteiger partial charge in [0.2, 0.25) is 5.91 Å². The maximum absolute atomic E-state index is 12.7. The van der Waals surface area contributed by atoms with Crippen molar-refractivity contribution >= 4 is 63.4 Å². The van der Waals surface area contributed by atoms with E-state index in [2.05, 4.69) is 48.7 Å². The van der Waals surface area contributed by atoms with E-state index < -0.39 is 11.8 Å². The zero-order chi connectivity index (χ0) is 25.1. The number of hydrogen-bond acceptors (Lipinski definition) is 7. The number of amides is 3. The Labute approximate surface area is 224 Å². The number of nitrogens with one attached hydrogen (secondary N) is 3. The molecule has 0 aliphatic carbocycles. The monoisotopic (exact) mass is 610 g/mol. The highest BCUT2D eigenvalue weighted by molar-refractivity contribution is 14.1. The summed E-state index contributed by atoms with van der Waals surface area (Å²) in [7, 11) is 0. The number of thioether (sulfide) groups is 1. The molecule has 0 spiro atoms. The van der Waals surface area contributed by atoms with Gasteiger partial charge in [0.1, 0.15) is 0 Å². The lowest BCUT2D eigenvalue weighted by Gasteiger charge is -2.12. The van der Waals surface area contributed by atoms with E-state index in [4.69, 9.17) is 0 Å². The van der Waals surface area contributed by atoms with Gasteiger partial charge in [0.25, 0.3) is 11.8 Å². The Kier molecular flexibility index (Phi) is 7.00. The predicted molar refractivity (Wildman–Crippen MR) is 145 cm³/mol. The lowest BCUT2D eigenvalue weighted by atomic mass is 10.1. The molecule has 1 aliphatic rings. The SMILES string of the molecule is O=C(CSc1nnc(CNc2ccc(I)cc2)n1-c1ccccc1)Nc1ccc2c(c1)C(=O)NC2=O. The summed E-state index contributed by atoms with van der Waals surface area (Å²) in [6.07, 6.45) is 0. The number of hydrogen-bond donors (Lipinski definition) is 3. The van der Waals surface area contributed by atoms with E-state index in [0.29, 0.717) is 28.8 Å². The van der Waals surface area contributed by atoms with E-state index in [1.807, 2.05) is 59.2 Å². The number of rotatable bonds is 8. The van der Waals surface area contributed by atoms with E-state index in [9.17, 15) is 14.4 Å². The molecule has 36 heavy (non-hydrogen) atoms. The van der Waals surface area contributed by atoms with Crippen LogP contribution in [0, 0.1) is 3.57 Å². The first kappa shape index (κ1) is 24.0. The van der Waals surface area contributed by atoms with Crippen molar-refractivity contribution in [2.75, 3.05) is 16.4 Å². The zero-order valence-electron chi connectivity index (χ0n) is 18.7. The van der Waals surface area contributed by atoms with Gasteiger partial charge < -0.3 is 10.6 Å². The van der Waals surface area contributed by atoms with Crippen LogP contribution in [-0.4, -0.2) is 38.2 Å². The largest absolute Gasteiger partial charge is 0.378 e. The summed E-state index contributed by atoms with van der Waals surface area (Å²) >= 11 is 3.52. The fraction of sp³-hybridized carbons (Fsp3) is 0.0800. The average molecular weight is 610 g/mol. The summed E-state index contributed by atoms with van der Waals surface area (Å²) in [5, 5.41) is 17.6. The summed E-state index contributed by atoms with van der Waals surface area (Å²) in [5.41, 5.74) is 2.85. The second kappa shape index (κ2) is 10.5. The highest BCUT2D eigenvalue weighted by Gasteiger charge is 2.26. The van der Waals surface area contributed by atoms with Gasteiger partial charge >= 0.3 is 0 Å². The maximum Gasteiger partial charge on any atom is 0.259 e. The molecule has 0 saturated carbocycles. The molecular formula is C25H19IN6O3S. The molecule has 2 heterocycles. The van der Waals surface area contributed by atoms with Gasteiger partial charge in [-0.05, 0) is 77.2 Å². The first-order chi connectivity index (χ1) is 17.5. The van der Waals surface area contributed by atoms with Crippen LogP contribution in [0.5, 0.6) is 0 Å². The van der Waals surface area contributed by atoms with Gasteiger partial charge in [-0.25, -0.2) is 0 Å². The predicted octanol–water partition coefficient (Wildman–Crippen LogP) is 4.10. The van der Waals surface area contributed by atoms with Crippen LogP contribution < -0.4 is 16.0 Å². The van der Waals surface area contributed by atoms with Gasteiger partial charge in [-0.15, -0.1) is 10.2 Å². The van der Waals surface area contributed by atoms with Crippen LogP contribution in [0.1, 0.15) is 26.5 Å². The van der Waals surface area contributed by atoms with Gasteiger partial charge in [0, 0.05) is 20.6 Å². The summed E-state index contributed by atoms with van der Waals surface area (Å²) in [6, 6.07) is 22.4. The number of anilines is 2. The minimum absolute atomic E-state index is 0.0811. The van der Waals surface area contributed by atoms with E-state index in [1.54, 1.807) is 6.07 Å². The topological polar surface area (TPSA) is 118 Å². The fourth-order valence-corrected chi connectivity index (χ4v) is 4.80. The maximum atomic E-state index is 12.7. The summed E-state index contributed by atoms with van der Waals surface area (Å²) in [6.45, 7) is 0.450. The standard InChI is InChI=1S/C25H19IN6O3S/c26-15-6-8-16(9-7-15)27-13-21-30-31-25(32(21)18-4-2-1-3-5-18)36-14-22(33)28-17-10-11-19-20(12-17)24(35)29-23(19)34/h1-12,27H,13-14H2,(H,28,33)(H,29,34,35).